The van der Waals surface area contributed by atoms with Crippen LogP contribution in [0, 0.1) is 0 Å². The number of ether oxygens (including phenoxy) is 4. The van der Waals surface area contributed by atoms with Gasteiger partial charge in [0.2, 0.25) is 0 Å². The summed E-state index contributed by atoms with van der Waals surface area (Å²) in [6, 6.07) is 45.9. The van der Waals surface area contributed by atoms with Crippen molar-refractivity contribution in [3.8, 4) is 23.0 Å². The molecule has 6 aromatic rings. The quantitative estimate of drug-likeness (QED) is 0.0422. The molecule has 0 fully saturated rings. The third-order valence-electron chi connectivity index (χ3n) is 9.47. The van der Waals surface area contributed by atoms with Crippen LogP contribution in [-0.2, 0) is 26.3 Å². The molecule has 0 bridgehead atoms. The van der Waals surface area contributed by atoms with Gasteiger partial charge in [-0.1, -0.05) is 124 Å². The Morgan fingerprint density at radius 3 is 1.46 bits per heavy atom. The first-order chi connectivity index (χ1) is 32.4. The van der Waals surface area contributed by atoms with Gasteiger partial charge in [0.1, 0.15) is 36.2 Å². The summed E-state index contributed by atoms with van der Waals surface area (Å²) in [7, 11) is 0. The Labute approximate surface area is 413 Å². The molecule has 0 saturated carbocycles. The summed E-state index contributed by atoms with van der Waals surface area (Å²) in [5.74, 6) is 2.67. The maximum Gasteiger partial charge on any atom is 0.176 e. The molecule has 6 aromatic carbocycles. The fourth-order valence-electron chi connectivity index (χ4n) is 6.25. The van der Waals surface area contributed by atoms with Crippen molar-refractivity contribution in [3.63, 3.8) is 0 Å². The van der Waals surface area contributed by atoms with Gasteiger partial charge >= 0.3 is 0 Å². The van der Waals surface area contributed by atoms with Crippen molar-refractivity contribution in [1.29, 1.82) is 0 Å². The summed E-state index contributed by atoms with van der Waals surface area (Å²) in [6.45, 7) is 10.9. The van der Waals surface area contributed by atoms with Crippen LogP contribution in [0.2, 0.25) is 10.0 Å². The summed E-state index contributed by atoms with van der Waals surface area (Å²) in [5.41, 5.74) is 5.43. The van der Waals surface area contributed by atoms with E-state index in [0.29, 0.717) is 70.8 Å². The van der Waals surface area contributed by atoms with E-state index in [2.05, 4.69) is 21.2 Å². The fraction of sp³-hybridized carbons (Fsp3) is 0.296. The molecule has 0 spiro atoms. The number of aliphatic hydroxyl groups is 2. The molecule has 0 atom stereocenters. The van der Waals surface area contributed by atoms with Crippen LogP contribution in [0.25, 0.3) is 0 Å². The molecule has 0 unspecified atom stereocenters. The van der Waals surface area contributed by atoms with Crippen LogP contribution in [0.15, 0.2) is 146 Å². The molecule has 0 aliphatic heterocycles. The summed E-state index contributed by atoms with van der Waals surface area (Å²) in [6.07, 6.45) is 0.0278. The number of rotatable bonds is 23. The number of ketones is 2. The smallest absolute Gasteiger partial charge is 0.176 e. The maximum absolute atomic E-state index is 12.8. The molecule has 13 heteroatoms. The molecule has 0 aliphatic rings. The van der Waals surface area contributed by atoms with Crippen molar-refractivity contribution >= 4 is 50.7 Å². The number of carbonyl (C=O) groups excluding carboxylic acids is 2. The van der Waals surface area contributed by atoms with Crippen LogP contribution in [-0.4, -0.2) is 77.1 Å². The molecule has 3 N–H and O–H groups in total. The zero-order chi connectivity index (χ0) is 48.4. The first-order valence-corrected chi connectivity index (χ1v) is 24.0. The lowest BCUT2D eigenvalue weighted by molar-refractivity contribution is 0.0907. The normalized spacial score (nSPS) is 10.7. The lowest BCUT2D eigenvalue weighted by Gasteiger charge is -2.21. The van der Waals surface area contributed by atoms with Gasteiger partial charge in [-0.05, 0) is 111 Å². The zero-order valence-electron chi connectivity index (χ0n) is 38.5. The summed E-state index contributed by atoms with van der Waals surface area (Å²) >= 11 is 15.5. The van der Waals surface area contributed by atoms with E-state index in [1.807, 2.05) is 142 Å². The molecule has 67 heavy (non-hydrogen) atoms. The molecule has 0 radical (unpaired) electrons. The number of benzene rings is 6. The number of halogens is 3. The molecule has 0 aliphatic carbocycles. The highest BCUT2D eigenvalue weighted by Gasteiger charge is 2.16. The lowest BCUT2D eigenvalue weighted by Crippen LogP contribution is -2.32. The molecule has 6 rings (SSSR count). The van der Waals surface area contributed by atoms with Crippen molar-refractivity contribution in [2.45, 2.75) is 66.2 Å². The van der Waals surface area contributed by atoms with Gasteiger partial charge in [0.25, 0.3) is 0 Å². The third kappa shape index (κ3) is 20.7. The molecule has 0 aromatic heterocycles. The van der Waals surface area contributed by atoms with Crippen molar-refractivity contribution < 1.29 is 38.7 Å². The van der Waals surface area contributed by atoms with Gasteiger partial charge < -0.3 is 34.5 Å². The number of hydrogen-bond donors (Lipinski definition) is 3. The highest BCUT2D eigenvalue weighted by atomic mass is 79.9. The number of nitrogens with zero attached hydrogens (tertiary/aromatic N) is 1. The number of carbonyl (C=O) groups is 2. The molecular formula is C54H61BrCl2N2O8. The van der Waals surface area contributed by atoms with E-state index in [0.717, 1.165) is 33.8 Å². The van der Waals surface area contributed by atoms with E-state index in [4.69, 9.17) is 47.3 Å². The molecule has 0 heterocycles. The Kier molecular flexibility index (Phi) is 24.5. The van der Waals surface area contributed by atoms with Gasteiger partial charge in [-0.25, -0.2) is 0 Å². The highest BCUT2D eigenvalue weighted by Crippen LogP contribution is 2.28. The Balaban J connectivity index is 0.000000272. The second-order valence-electron chi connectivity index (χ2n) is 15.8. The van der Waals surface area contributed by atoms with E-state index < -0.39 is 0 Å². The van der Waals surface area contributed by atoms with E-state index in [1.54, 1.807) is 36.4 Å². The number of nitrogens with one attached hydrogen (secondary N) is 1. The van der Waals surface area contributed by atoms with Gasteiger partial charge in [-0.2, -0.15) is 0 Å². The van der Waals surface area contributed by atoms with Gasteiger partial charge in [0.05, 0.1) is 48.6 Å². The fourth-order valence-corrected chi connectivity index (χ4v) is 6.70. The number of aliphatic hydroxyl groups excluding tert-OH is 2. The summed E-state index contributed by atoms with van der Waals surface area (Å²) in [4.78, 5) is 27.2. The average molecular weight is 1020 g/mol. The van der Waals surface area contributed by atoms with Crippen molar-refractivity contribution in [1.82, 2.24) is 10.2 Å². The molecular weight excluding hydrogens is 955 g/mol. The second-order valence-corrected chi connectivity index (χ2v) is 17.4. The van der Waals surface area contributed by atoms with E-state index >= 15 is 0 Å². The Hall–Kier alpha value is -5.24. The minimum atomic E-state index is -0.0655. The number of alkyl halides is 1. The summed E-state index contributed by atoms with van der Waals surface area (Å²) in [5, 5.41) is 22.0. The molecule has 356 valence electrons. The summed E-state index contributed by atoms with van der Waals surface area (Å²) < 4.78 is 22.9. The van der Waals surface area contributed by atoms with Crippen LogP contribution < -0.4 is 24.3 Å². The first kappa shape index (κ1) is 54.4. The van der Waals surface area contributed by atoms with Crippen LogP contribution in [0.3, 0.4) is 0 Å². The van der Waals surface area contributed by atoms with Crippen LogP contribution in [0.5, 0.6) is 23.0 Å². The van der Waals surface area contributed by atoms with Crippen LogP contribution in [0.4, 0.5) is 0 Å². The monoisotopic (exact) mass is 1010 g/mol. The lowest BCUT2D eigenvalue weighted by atomic mass is 10.1. The van der Waals surface area contributed by atoms with Gasteiger partial charge in [0, 0.05) is 36.1 Å². The predicted molar refractivity (Wildman–Crippen MR) is 272 cm³/mol. The minimum absolute atomic E-state index is 0.000718. The second kappa shape index (κ2) is 30.2. The number of hydrogen-bond acceptors (Lipinski definition) is 10. The SMILES string of the molecule is CC(C)Oc1ccc(C(=O)CN(CCO)Cc2ccc(OCc3ccccc3)cc2)cc1Cl.CC(C)Oc1ccc(C(=O)CNCc2ccc(OCc3ccccc3)cc2)cc1Cl.OCCBr. The molecule has 0 amide bonds. The van der Waals surface area contributed by atoms with E-state index in [-0.39, 0.29) is 50.1 Å². The van der Waals surface area contributed by atoms with E-state index in [9.17, 15) is 14.7 Å². The molecule has 10 nitrogen and oxygen atoms in total. The van der Waals surface area contributed by atoms with Crippen LogP contribution >= 0.6 is 39.1 Å². The van der Waals surface area contributed by atoms with E-state index in [1.165, 1.54) is 0 Å². The maximum atomic E-state index is 12.8. The molecule has 0 saturated heterocycles. The highest BCUT2D eigenvalue weighted by molar-refractivity contribution is 9.09. The Bertz CT molecular complexity index is 2350. The number of Topliss-reactive ketones (excluding diaryl/α,β-unsaturated/α-hetero) is 2. The Morgan fingerprint density at radius 2 is 1.04 bits per heavy atom. The van der Waals surface area contributed by atoms with Crippen molar-refractivity contribution in [2.24, 2.45) is 0 Å². The zero-order valence-corrected chi connectivity index (χ0v) is 41.6. The largest absolute Gasteiger partial charge is 0.489 e. The van der Waals surface area contributed by atoms with Crippen LogP contribution in [0.1, 0.15) is 70.7 Å². The minimum Gasteiger partial charge on any atom is -0.489 e. The predicted octanol–water partition coefficient (Wildman–Crippen LogP) is 11.4. The Morgan fingerprint density at radius 1 is 0.597 bits per heavy atom. The third-order valence-corrected chi connectivity index (χ3v) is 10.4. The van der Waals surface area contributed by atoms with Crippen molar-refractivity contribution in [2.75, 3.05) is 38.2 Å². The standard InChI is InChI=1S/C27H30ClNO4.C25H26ClNO3.C2H5BrO/c1-20(2)33-27-13-10-23(16-25(27)28)26(31)18-29(14-15-30)17-21-8-11-24(12-9-21)32-19-22-6-4-3-5-7-22;1-18(2)30-25-13-10-21(14-23(25)26)24(28)16-27-15-19-8-11-22(12-9-19)29-17-20-6-4-3-5-7-20;3-1-2-4/h3-13,16,20,30H,14-15,17-19H2,1-2H3;3-14,18,27H,15-17H2,1-2H3;4H,1-2H2. The van der Waals surface area contributed by atoms with Gasteiger partial charge in [-0.15, -0.1) is 0 Å². The van der Waals surface area contributed by atoms with Crippen molar-refractivity contribution in [3.05, 3.63) is 189 Å². The average Bonchev–Trinajstić information content (AvgIpc) is 3.33. The van der Waals surface area contributed by atoms with Gasteiger partial charge in [-0.3, -0.25) is 14.5 Å². The van der Waals surface area contributed by atoms with Gasteiger partial charge in [0.15, 0.2) is 11.6 Å². The first-order valence-electron chi connectivity index (χ1n) is 22.1. The topological polar surface area (TPSA) is 127 Å².